The fourth-order valence-electron chi connectivity index (χ4n) is 3.48. The van der Waals surface area contributed by atoms with Crippen LogP contribution in [-0.2, 0) is 16.1 Å². The zero-order valence-electron chi connectivity index (χ0n) is 19.6. The molecule has 0 aliphatic carbocycles. The van der Waals surface area contributed by atoms with E-state index in [9.17, 15) is 14.4 Å². The predicted octanol–water partition coefficient (Wildman–Crippen LogP) is 6.02. The van der Waals surface area contributed by atoms with Crippen LogP contribution in [0, 0.1) is 6.92 Å². The second kappa shape index (κ2) is 11.5. The van der Waals surface area contributed by atoms with Crippen molar-refractivity contribution in [2.75, 3.05) is 19.0 Å². The van der Waals surface area contributed by atoms with Crippen molar-refractivity contribution in [2.45, 2.75) is 13.5 Å². The number of imide groups is 1. The molecule has 0 radical (unpaired) electrons. The molecule has 1 saturated heterocycles. The summed E-state index contributed by atoms with van der Waals surface area (Å²) in [5.41, 5.74) is 3.30. The molecule has 1 aliphatic rings. The third-order valence-electron chi connectivity index (χ3n) is 5.28. The highest BCUT2D eigenvalue weighted by atomic mass is 79.9. The smallest absolute Gasteiger partial charge is 0.293 e. The van der Waals surface area contributed by atoms with Crippen LogP contribution in [0.5, 0.6) is 11.5 Å². The molecule has 0 saturated carbocycles. The van der Waals surface area contributed by atoms with Crippen LogP contribution >= 0.6 is 27.7 Å². The maximum atomic E-state index is 12.9. The number of anilines is 1. The van der Waals surface area contributed by atoms with Gasteiger partial charge >= 0.3 is 0 Å². The van der Waals surface area contributed by atoms with E-state index in [1.165, 1.54) is 12.0 Å². The van der Waals surface area contributed by atoms with Crippen LogP contribution in [0.3, 0.4) is 0 Å². The first-order chi connectivity index (χ1) is 17.3. The normalized spacial score (nSPS) is 14.3. The highest BCUT2D eigenvalue weighted by Gasteiger charge is 2.35. The van der Waals surface area contributed by atoms with Gasteiger partial charge in [0, 0.05) is 10.2 Å². The van der Waals surface area contributed by atoms with E-state index >= 15 is 0 Å². The van der Waals surface area contributed by atoms with Crippen LogP contribution in [0.15, 0.2) is 76.1 Å². The fraction of sp³-hybridized carbons (Fsp3) is 0.148. The average molecular weight is 567 g/mol. The van der Waals surface area contributed by atoms with Crippen molar-refractivity contribution in [2.24, 2.45) is 0 Å². The summed E-state index contributed by atoms with van der Waals surface area (Å²) in [6.45, 7) is 1.97. The standard InChI is InChI=1S/C27H23BrN2O5S/c1-17-6-9-21(10-7-17)29-25(31)16-35-22-11-8-18(13-23(22)34-2)14-24-26(32)30(27(33)36-24)15-19-4-3-5-20(28)12-19/h3-14H,15-16H2,1-2H3,(H,29,31)/b24-14+. The number of hydrogen-bond donors (Lipinski definition) is 1. The van der Waals surface area contributed by atoms with Crippen molar-refractivity contribution >= 4 is 56.5 Å². The molecule has 184 valence electrons. The molecular formula is C27H23BrN2O5S. The van der Waals surface area contributed by atoms with Crippen molar-refractivity contribution in [3.8, 4) is 11.5 Å². The topological polar surface area (TPSA) is 84.9 Å². The molecule has 36 heavy (non-hydrogen) atoms. The van der Waals surface area contributed by atoms with E-state index in [0.29, 0.717) is 27.7 Å². The van der Waals surface area contributed by atoms with E-state index in [1.54, 1.807) is 24.3 Å². The number of methoxy groups -OCH3 is 1. The average Bonchev–Trinajstić information content (AvgIpc) is 3.11. The van der Waals surface area contributed by atoms with Crippen LogP contribution in [0.25, 0.3) is 6.08 Å². The summed E-state index contributed by atoms with van der Waals surface area (Å²) < 4.78 is 11.9. The zero-order valence-corrected chi connectivity index (χ0v) is 22.0. The SMILES string of the molecule is COc1cc(/C=C2/SC(=O)N(Cc3cccc(Br)c3)C2=O)ccc1OCC(=O)Nc1ccc(C)cc1. The first-order valence-electron chi connectivity index (χ1n) is 11.0. The molecule has 3 aromatic carbocycles. The molecule has 9 heteroatoms. The minimum Gasteiger partial charge on any atom is -0.493 e. The predicted molar refractivity (Wildman–Crippen MR) is 144 cm³/mol. The Morgan fingerprint density at radius 3 is 2.56 bits per heavy atom. The van der Waals surface area contributed by atoms with Crippen molar-refractivity contribution in [3.05, 3.63) is 92.8 Å². The molecule has 1 fully saturated rings. The Morgan fingerprint density at radius 1 is 1.06 bits per heavy atom. The van der Waals surface area contributed by atoms with Crippen LogP contribution in [0.2, 0.25) is 0 Å². The number of thioether (sulfide) groups is 1. The molecule has 0 bridgehead atoms. The maximum Gasteiger partial charge on any atom is 0.293 e. The van der Waals surface area contributed by atoms with Crippen molar-refractivity contribution in [1.29, 1.82) is 0 Å². The van der Waals surface area contributed by atoms with Crippen LogP contribution in [0.4, 0.5) is 10.5 Å². The van der Waals surface area contributed by atoms with Gasteiger partial charge in [0.15, 0.2) is 18.1 Å². The number of nitrogens with zero attached hydrogens (tertiary/aromatic N) is 1. The zero-order chi connectivity index (χ0) is 25.7. The number of ether oxygens (including phenoxy) is 2. The number of carbonyl (C=O) groups excluding carboxylic acids is 3. The second-order valence-corrected chi connectivity index (χ2v) is 9.92. The van der Waals surface area contributed by atoms with Gasteiger partial charge in [-0.3, -0.25) is 19.3 Å². The first kappa shape index (κ1) is 25.5. The molecule has 3 amide bonds. The number of aryl methyl sites for hydroxylation is 1. The van der Waals surface area contributed by atoms with Gasteiger partial charge in [-0.05, 0) is 72.3 Å². The van der Waals surface area contributed by atoms with Gasteiger partial charge in [0.05, 0.1) is 18.6 Å². The number of hydrogen-bond acceptors (Lipinski definition) is 6. The molecule has 1 heterocycles. The van der Waals surface area contributed by atoms with Crippen molar-refractivity contribution < 1.29 is 23.9 Å². The van der Waals surface area contributed by atoms with Gasteiger partial charge in [0.2, 0.25) is 0 Å². The van der Waals surface area contributed by atoms with Crippen LogP contribution in [-0.4, -0.2) is 35.7 Å². The lowest BCUT2D eigenvalue weighted by Crippen LogP contribution is -2.27. The Bertz CT molecular complexity index is 1340. The fourth-order valence-corrected chi connectivity index (χ4v) is 4.76. The lowest BCUT2D eigenvalue weighted by atomic mass is 10.1. The number of halogens is 1. The van der Waals surface area contributed by atoms with Gasteiger partial charge < -0.3 is 14.8 Å². The van der Waals surface area contributed by atoms with Gasteiger partial charge in [0.25, 0.3) is 17.1 Å². The minimum atomic E-state index is -0.350. The molecule has 1 aliphatic heterocycles. The molecule has 4 rings (SSSR count). The number of nitrogens with one attached hydrogen (secondary N) is 1. The molecular weight excluding hydrogens is 544 g/mol. The lowest BCUT2D eigenvalue weighted by molar-refractivity contribution is -0.123. The van der Waals surface area contributed by atoms with Crippen LogP contribution in [0.1, 0.15) is 16.7 Å². The Balaban J connectivity index is 1.41. The summed E-state index contributed by atoms with van der Waals surface area (Å²) >= 11 is 4.30. The third kappa shape index (κ3) is 6.35. The van der Waals surface area contributed by atoms with E-state index in [-0.39, 0.29) is 30.2 Å². The molecule has 1 N–H and O–H groups in total. The summed E-state index contributed by atoms with van der Waals surface area (Å²) in [6.07, 6.45) is 1.64. The highest BCUT2D eigenvalue weighted by molar-refractivity contribution is 9.10. The largest absolute Gasteiger partial charge is 0.493 e. The molecule has 3 aromatic rings. The Hall–Kier alpha value is -3.56. The van der Waals surface area contributed by atoms with E-state index in [1.807, 2.05) is 55.5 Å². The van der Waals surface area contributed by atoms with Crippen molar-refractivity contribution in [3.63, 3.8) is 0 Å². The number of carbonyl (C=O) groups is 3. The summed E-state index contributed by atoms with van der Waals surface area (Å²) in [5.74, 6) is 0.137. The lowest BCUT2D eigenvalue weighted by Gasteiger charge is -2.13. The summed E-state index contributed by atoms with van der Waals surface area (Å²) in [5, 5.41) is 2.45. The monoisotopic (exact) mass is 566 g/mol. The highest BCUT2D eigenvalue weighted by Crippen LogP contribution is 2.35. The number of amides is 3. The Morgan fingerprint density at radius 2 is 1.83 bits per heavy atom. The summed E-state index contributed by atoms with van der Waals surface area (Å²) in [4.78, 5) is 39.2. The number of rotatable bonds is 8. The first-order valence-corrected chi connectivity index (χ1v) is 12.6. The van der Waals surface area contributed by atoms with E-state index in [4.69, 9.17) is 9.47 Å². The summed E-state index contributed by atoms with van der Waals surface area (Å²) in [7, 11) is 1.49. The molecule has 7 nitrogen and oxygen atoms in total. The maximum absolute atomic E-state index is 12.9. The van der Waals surface area contributed by atoms with Gasteiger partial charge in [-0.15, -0.1) is 0 Å². The van der Waals surface area contributed by atoms with Gasteiger partial charge in [-0.1, -0.05) is 51.8 Å². The number of benzene rings is 3. The molecule has 0 atom stereocenters. The molecule has 0 spiro atoms. The van der Waals surface area contributed by atoms with E-state index in [2.05, 4.69) is 21.2 Å². The van der Waals surface area contributed by atoms with Gasteiger partial charge in [0.1, 0.15) is 0 Å². The minimum absolute atomic E-state index is 0.196. The van der Waals surface area contributed by atoms with E-state index in [0.717, 1.165) is 27.4 Å². The van der Waals surface area contributed by atoms with Gasteiger partial charge in [-0.2, -0.15) is 0 Å². The Kier molecular flexibility index (Phi) is 8.12. The van der Waals surface area contributed by atoms with Crippen molar-refractivity contribution in [1.82, 2.24) is 4.90 Å². The summed E-state index contributed by atoms with van der Waals surface area (Å²) in [6, 6.07) is 20.0. The molecule has 0 aromatic heterocycles. The Labute approximate surface area is 221 Å². The third-order valence-corrected chi connectivity index (χ3v) is 6.68. The second-order valence-electron chi connectivity index (χ2n) is 8.01. The van der Waals surface area contributed by atoms with E-state index < -0.39 is 0 Å². The quantitative estimate of drug-likeness (QED) is 0.335. The molecule has 0 unspecified atom stereocenters. The van der Waals surface area contributed by atoms with Crippen LogP contribution < -0.4 is 14.8 Å². The van der Waals surface area contributed by atoms with Gasteiger partial charge in [-0.25, -0.2) is 0 Å².